The number of ether oxygens (including phenoxy) is 1. The minimum Gasteiger partial charge on any atom is -0.393 e. The standard InChI is InChI=1S/C10H14N5O5P.C5H12O.C4H10.C2H6/c11-9-8-10(13-4-12-9)15(5-14-8)7-2-1-6(20-7)3-19-21(16,17)18;1-3-4-5(2)6;1-3-4-2;1-2/h4-7H,1-3H2,(H2,11,12,13)(H2,16,17,18);5-6H,3-4H2,1-2H3;3-4H2,1-2H3;1-2H3. The zero-order chi connectivity index (χ0) is 25.4. The maximum Gasteiger partial charge on any atom is 0.469 e. The van der Waals surface area contributed by atoms with Crippen molar-refractivity contribution < 1.29 is 28.7 Å². The number of aliphatic hydroxyl groups excluding tert-OH is 1. The Morgan fingerprint density at radius 1 is 1.18 bits per heavy atom. The minimum absolute atomic E-state index is 0.102. The lowest BCUT2D eigenvalue weighted by molar-refractivity contribution is -0.0205. The third-order valence-corrected chi connectivity index (χ3v) is 4.90. The second-order valence-electron chi connectivity index (χ2n) is 7.30. The normalized spacial score (nSPS) is 18.3. The first-order valence-electron chi connectivity index (χ1n) is 11.6. The molecule has 11 nitrogen and oxygen atoms in total. The van der Waals surface area contributed by atoms with Crippen molar-refractivity contribution in [3.63, 3.8) is 0 Å². The molecule has 2 aromatic heterocycles. The van der Waals surface area contributed by atoms with E-state index < -0.39 is 7.82 Å². The van der Waals surface area contributed by atoms with Crippen LogP contribution < -0.4 is 5.73 Å². The van der Waals surface area contributed by atoms with Crippen LogP contribution in [0.25, 0.3) is 11.2 Å². The third-order valence-electron chi connectivity index (χ3n) is 4.42. The van der Waals surface area contributed by atoms with Gasteiger partial charge in [-0.2, -0.15) is 0 Å². The molecule has 12 heteroatoms. The Labute approximate surface area is 197 Å². The summed E-state index contributed by atoms with van der Waals surface area (Å²) in [5.74, 6) is 0.290. The first-order valence-corrected chi connectivity index (χ1v) is 13.1. The highest BCUT2D eigenvalue weighted by atomic mass is 31.2. The molecule has 33 heavy (non-hydrogen) atoms. The first kappa shape index (κ1) is 31.4. The van der Waals surface area contributed by atoms with E-state index in [4.69, 9.17) is 25.4 Å². The fraction of sp³-hybridized carbons (Fsp3) is 0.762. The second kappa shape index (κ2) is 16.9. The van der Waals surface area contributed by atoms with Crippen LogP contribution >= 0.6 is 7.82 Å². The van der Waals surface area contributed by atoms with E-state index in [0.29, 0.717) is 24.0 Å². The van der Waals surface area contributed by atoms with Crippen LogP contribution in [0.3, 0.4) is 0 Å². The van der Waals surface area contributed by atoms with Crippen molar-refractivity contribution in [1.82, 2.24) is 19.5 Å². The van der Waals surface area contributed by atoms with E-state index in [0.717, 1.165) is 12.8 Å². The van der Waals surface area contributed by atoms with Crippen molar-refractivity contribution in [2.45, 2.75) is 98.5 Å². The van der Waals surface area contributed by atoms with Gasteiger partial charge in [-0.3, -0.25) is 9.09 Å². The number of aromatic nitrogens is 4. The van der Waals surface area contributed by atoms with Gasteiger partial charge < -0.3 is 25.4 Å². The number of aliphatic hydroxyl groups is 1. The third kappa shape index (κ3) is 12.4. The molecule has 3 heterocycles. The van der Waals surface area contributed by atoms with Crippen molar-refractivity contribution >= 4 is 24.8 Å². The summed E-state index contributed by atoms with van der Waals surface area (Å²) >= 11 is 0. The molecular formula is C21H42N5O6P. The Morgan fingerprint density at radius 2 is 1.82 bits per heavy atom. The van der Waals surface area contributed by atoms with Crippen LogP contribution in [0.1, 0.15) is 86.3 Å². The molecule has 0 amide bonds. The van der Waals surface area contributed by atoms with E-state index in [1.165, 1.54) is 19.2 Å². The first-order chi connectivity index (χ1) is 15.6. The topological polar surface area (TPSA) is 166 Å². The number of nitrogen functional groups attached to an aromatic ring is 1. The minimum atomic E-state index is -4.48. The van der Waals surface area contributed by atoms with Crippen LogP contribution in [0.4, 0.5) is 5.82 Å². The molecule has 3 atom stereocenters. The number of unbranched alkanes of at least 4 members (excludes halogenated alkanes) is 1. The summed E-state index contributed by atoms with van der Waals surface area (Å²) in [5, 5.41) is 8.55. The summed E-state index contributed by atoms with van der Waals surface area (Å²) in [4.78, 5) is 29.5. The molecule has 1 aliphatic rings. The van der Waals surface area contributed by atoms with Crippen molar-refractivity contribution in [3.8, 4) is 0 Å². The lowest BCUT2D eigenvalue weighted by atomic mass is 10.2. The van der Waals surface area contributed by atoms with E-state index in [1.807, 2.05) is 20.8 Å². The Morgan fingerprint density at radius 3 is 2.30 bits per heavy atom. The van der Waals surface area contributed by atoms with E-state index >= 15 is 0 Å². The molecule has 5 N–H and O–H groups in total. The summed E-state index contributed by atoms with van der Waals surface area (Å²) in [6.45, 7) is 12.1. The predicted molar refractivity (Wildman–Crippen MR) is 129 cm³/mol. The second-order valence-corrected chi connectivity index (χ2v) is 8.54. The SMILES string of the molecule is CC.CCCC.CCCC(C)O.Nc1ncnc2c1ncn2C1CCC(COP(=O)(O)O)O1. The molecule has 0 spiro atoms. The number of anilines is 1. The molecule has 0 bridgehead atoms. The summed E-state index contributed by atoms with van der Waals surface area (Å²) in [6, 6.07) is 0. The van der Waals surface area contributed by atoms with Crippen molar-refractivity contribution in [1.29, 1.82) is 0 Å². The average molecular weight is 492 g/mol. The molecule has 3 rings (SSSR count). The monoisotopic (exact) mass is 491 g/mol. The molecule has 192 valence electrons. The fourth-order valence-corrected chi connectivity index (χ4v) is 3.05. The summed E-state index contributed by atoms with van der Waals surface area (Å²) in [7, 11) is -4.48. The van der Waals surface area contributed by atoms with Gasteiger partial charge >= 0.3 is 7.82 Å². The zero-order valence-electron chi connectivity index (χ0n) is 20.7. The Kier molecular flexibility index (Phi) is 16.1. The highest BCUT2D eigenvalue weighted by molar-refractivity contribution is 7.46. The lowest BCUT2D eigenvalue weighted by Crippen LogP contribution is -2.16. The van der Waals surface area contributed by atoms with Crippen LogP contribution in [0, 0.1) is 0 Å². The van der Waals surface area contributed by atoms with E-state index in [1.54, 1.807) is 10.9 Å². The van der Waals surface area contributed by atoms with Gasteiger partial charge in [-0.1, -0.05) is 53.9 Å². The van der Waals surface area contributed by atoms with Gasteiger partial charge in [-0.25, -0.2) is 19.5 Å². The van der Waals surface area contributed by atoms with Gasteiger partial charge in [-0.15, -0.1) is 0 Å². The Balaban J connectivity index is 0.000000716. The molecule has 0 aromatic carbocycles. The van der Waals surface area contributed by atoms with Crippen LogP contribution in [0.5, 0.6) is 0 Å². The van der Waals surface area contributed by atoms with E-state index in [9.17, 15) is 4.57 Å². The maximum atomic E-state index is 10.7. The van der Waals surface area contributed by atoms with Gasteiger partial charge in [0.1, 0.15) is 18.1 Å². The molecule has 2 aromatic rings. The smallest absolute Gasteiger partial charge is 0.393 e. The van der Waals surface area contributed by atoms with Gasteiger partial charge in [0.05, 0.1) is 25.1 Å². The molecule has 0 saturated carbocycles. The predicted octanol–water partition coefficient (Wildman–Crippen LogP) is 4.20. The number of hydrogen-bond donors (Lipinski definition) is 4. The number of nitrogens with two attached hydrogens (primary N) is 1. The summed E-state index contributed by atoms with van der Waals surface area (Å²) in [6.07, 6.45) is 8.02. The van der Waals surface area contributed by atoms with Crippen LogP contribution in [-0.2, 0) is 13.8 Å². The van der Waals surface area contributed by atoms with Gasteiger partial charge in [-0.05, 0) is 26.2 Å². The highest BCUT2D eigenvalue weighted by Gasteiger charge is 2.30. The number of phosphoric acid groups is 1. The Bertz CT molecular complexity index is 812. The van der Waals surface area contributed by atoms with Gasteiger partial charge in [0.15, 0.2) is 11.5 Å². The lowest BCUT2D eigenvalue weighted by Gasteiger charge is -2.15. The van der Waals surface area contributed by atoms with E-state index in [-0.39, 0.29) is 30.9 Å². The molecule has 1 aliphatic heterocycles. The Hall–Kier alpha value is -1.62. The van der Waals surface area contributed by atoms with Crippen molar-refractivity contribution in [3.05, 3.63) is 12.7 Å². The summed E-state index contributed by atoms with van der Waals surface area (Å²) < 4.78 is 22.6. The molecule has 3 unspecified atom stereocenters. The average Bonchev–Trinajstić information content (AvgIpc) is 3.41. The molecule has 0 aliphatic carbocycles. The molecule has 1 saturated heterocycles. The quantitative estimate of drug-likeness (QED) is 0.412. The molecule has 0 radical (unpaired) electrons. The van der Waals surface area contributed by atoms with Crippen molar-refractivity contribution in [2.75, 3.05) is 12.3 Å². The number of nitrogens with zero attached hydrogens (tertiary/aromatic N) is 4. The van der Waals surface area contributed by atoms with E-state index in [2.05, 4.69) is 40.2 Å². The molecular weight excluding hydrogens is 449 g/mol. The number of hydrogen-bond acceptors (Lipinski definition) is 8. The number of imidazole rings is 1. The largest absolute Gasteiger partial charge is 0.469 e. The fourth-order valence-electron chi connectivity index (χ4n) is 2.69. The number of phosphoric ester groups is 1. The number of rotatable bonds is 7. The summed E-state index contributed by atoms with van der Waals surface area (Å²) in [5.41, 5.74) is 6.77. The van der Waals surface area contributed by atoms with Crippen LogP contribution in [0.15, 0.2) is 12.7 Å². The zero-order valence-corrected chi connectivity index (χ0v) is 21.6. The van der Waals surface area contributed by atoms with Crippen molar-refractivity contribution in [2.24, 2.45) is 0 Å². The van der Waals surface area contributed by atoms with Crippen LogP contribution in [-0.4, -0.2) is 53.2 Å². The highest BCUT2D eigenvalue weighted by Crippen LogP contribution is 2.38. The van der Waals surface area contributed by atoms with Gasteiger partial charge in [0, 0.05) is 0 Å². The van der Waals surface area contributed by atoms with Gasteiger partial charge in [0.2, 0.25) is 0 Å². The molecule has 1 fully saturated rings. The van der Waals surface area contributed by atoms with Gasteiger partial charge in [0.25, 0.3) is 0 Å². The van der Waals surface area contributed by atoms with Crippen LogP contribution in [0.2, 0.25) is 0 Å². The number of fused-ring (bicyclic) bond motifs is 1. The maximum absolute atomic E-state index is 10.7.